The Labute approximate surface area is 118 Å². The normalized spacial score (nSPS) is 13.3. The van der Waals surface area contributed by atoms with Crippen LogP contribution >= 0.6 is 15.9 Å². The summed E-state index contributed by atoms with van der Waals surface area (Å²) < 4.78 is 36.6. The molecule has 1 aromatic carbocycles. The van der Waals surface area contributed by atoms with Gasteiger partial charge in [-0.1, -0.05) is 0 Å². The van der Waals surface area contributed by atoms with E-state index in [4.69, 9.17) is 10.8 Å². The summed E-state index contributed by atoms with van der Waals surface area (Å²) in [7, 11) is -3.69. The summed E-state index contributed by atoms with van der Waals surface area (Å²) in [5, 5.41) is 8.55. The van der Waals surface area contributed by atoms with Crippen LogP contribution in [0.2, 0.25) is 0 Å². The number of rotatable bonds is 5. The Morgan fingerprint density at radius 3 is 2.53 bits per heavy atom. The molecule has 0 radical (unpaired) electrons. The molecule has 0 amide bonds. The zero-order chi connectivity index (χ0) is 14.8. The first-order valence-corrected chi connectivity index (χ1v) is 7.97. The van der Waals surface area contributed by atoms with Crippen LogP contribution in [0, 0.1) is 5.82 Å². The second-order valence-electron chi connectivity index (χ2n) is 4.12. The maximum atomic E-state index is 13.8. The van der Waals surface area contributed by atoms with Crippen LogP contribution in [0.15, 0.2) is 21.5 Å². The number of hydrogen-bond acceptors (Lipinski definition) is 4. The van der Waals surface area contributed by atoms with Crippen molar-refractivity contribution in [3.8, 4) is 0 Å². The van der Waals surface area contributed by atoms with Crippen LogP contribution < -0.4 is 5.73 Å². The van der Waals surface area contributed by atoms with E-state index in [1.807, 2.05) is 0 Å². The van der Waals surface area contributed by atoms with Crippen molar-refractivity contribution in [2.75, 3.05) is 6.26 Å². The van der Waals surface area contributed by atoms with Crippen molar-refractivity contribution in [3.05, 3.63) is 28.0 Å². The molecule has 106 valence electrons. The molecule has 1 atom stereocenters. The van der Waals surface area contributed by atoms with E-state index in [9.17, 15) is 17.6 Å². The molecule has 0 heterocycles. The van der Waals surface area contributed by atoms with Crippen molar-refractivity contribution in [3.63, 3.8) is 0 Å². The monoisotopic (exact) mass is 353 g/mol. The topological polar surface area (TPSA) is 97.5 Å². The van der Waals surface area contributed by atoms with Gasteiger partial charge in [-0.25, -0.2) is 12.8 Å². The van der Waals surface area contributed by atoms with Gasteiger partial charge in [0.05, 0.1) is 0 Å². The second kappa shape index (κ2) is 5.98. The van der Waals surface area contributed by atoms with E-state index in [0.29, 0.717) is 5.56 Å². The Hall–Kier alpha value is -0.990. The Morgan fingerprint density at radius 2 is 2.11 bits per heavy atom. The number of aliphatic carboxylic acids is 1. The number of halogens is 2. The number of benzene rings is 1. The van der Waals surface area contributed by atoms with Crippen LogP contribution in [0.5, 0.6) is 0 Å². The fourth-order valence-corrected chi connectivity index (χ4v) is 3.76. The maximum Gasteiger partial charge on any atom is 0.303 e. The molecule has 0 aliphatic heterocycles. The third kappa shape index (κ3) is 4.26. The quantitative estimate of drug-likeness (QED) is 0.841. The van der Waals surface area contributed by atoms with E-state index in [1.54, 1.807) is 0 Å². The van der Waals surface area contributed by atoms with E-state index < -0.39 is 32.6 Å². The Balaban J connectivity index is 3.11. The van der Waals surface area contributed by atoms with Gasteiger partial charge in [0.25, 0.3) is 0 Å². The standard InChI is InChI=1S/C11H13BrFNO4S/c1-19(17,18)11-7(12)4-6(5-8(11)13)9(14)2-3-10(15)16/h4-5,9H,2-3,14H2,1H3,(H,15,16). The van der Waals surface area contributed by atoms with Gasteiger partial charge in [-0.05, 0) is 40.0 Å². The second-order valence-corrected chi connectivity index (χ2v) is 6.93. The molecular formula is C11H13BrFNO4S. The van der Waals surface area contributed by atoms with E-state index >= 15 is 0 Å². The molecule has 0 aromatic heterocycles. The molecule has 0 fully saturated rings. The lowest BCUT2D eigenvalue weighted by atomic mass is 10.0. The number of nitrogens with two attached hydrogens (primary N) is 1. The molecule has 5 nitrogen and oxygen atoms in total. The van der Waals surface area contributed by atoms with E-state index in [0.717, 1.165) is 12.3 Å². The summed E-state index contributed by atoms with van der Waals surface area (Å²) in [6, 6.07) is 1.75. The summed E-state index contributed by atoms with van der Waals surface area (Å²) >= 11 is 2.99. The first-order valence-electron chi connectivity index (χ1n) is 5.29. The molecule has 0 aliphatic rings. The molecule has 0 spiro atoms. The highest BCUT2D eigenvalue weighted by molar-refractivity contribution is 9.10. The fraction of sp³-hybridized carbons (Fsp3) is 0.364. The number of carboxylic acid groups (broad SMARTS) is 1. The molecule has 1 rings (SSSR count). The largest absolute Gasteiger partial charge is 0.481 e. The van der Waals surface area contributed by atoms with Crippen molar-refractivity contribution in [2.45, 2.75) is 23.8 Å². The van der Waals surface area contributed by atoms with Gasteiger partial charge in [-0.15, -0.1) is 0 Å². The van der Waals surface area contributed by atoms with Gasteiger partial charge in [0.1, 0.15) is 10.7 Å². The number of carboxylic acids is 1. The smallest absolute Gasteiger partial charge is 0.303 e. The van der Waals surface area contributed by atoms with Crippen LogP contribution in [0.4, 0.5) is 4.39 Å². The minimum absolute atomic E-state index is 0.0794. The molecule has 0 saturated heterocycles. The van der Waals surface area contributed by atoms with Crippen LogP contribution in [-0.4, -0.2) is 25.7 Å². The van der Waals surface area contributed by atoms with Crippen molar-refractivity contribution >= 4 is 31.7 Å². The third-order valence-electron chi connectivity index (χ3n) is 2.49. The van der Waals surface area contributed by atoms with Crippen LogP contribution in [-0.2, 0) is 14.6 Å². The average molecular weight is 354 g/mol. The molecule has 0 bridgehead atoms. The highest BCUT2D eigenvalue weighted by atomic mass is 79.9. The lowest BCUT2D eigenvalue weighted by molar-refractivity contribution is -0.137. The summed E-state index contributed by atoms with van der Waals surface area (Å²) in [6.45, 7) is 0. The minimum atomic E-state index is -3.69. The summed E-state index contributed by atoms with van der Waals surface area (Å²) in [5.74, 6) is -1.90. The predicted molar refractivity (Wildman–Crippen MR) is 71.0 cm³/mol. The first kappa shape index (κ1) is 16.1. The van der Waals surface area contributed by atoms with E-state index in [2.05, 4.69) is 15.9 Å². The summed E-state index contributed by atoms with van der Waals surface area (Å²) in [6.07, 6.45) is 0.897. The molecular weight excluding hydrogens is 341 g/mol. The number of carbonyl (C=O) groups is 1. The van der Waals surface area contributed by atoms with Crippen molar-refractivity contribution in [2.24, 2.45) is 5.73 Å². The molecule has 0 aliphatic carbocycles. The lowest BCUT2D eigenvalue weighted by Gasteiger charge is -2.13. The van der Waals surface area contributed by atoms with E-state index in [1.165, 1.54) is 6.07 Å². The highest BCUT2D eigenvalue weighted by Gasteiger charge is 2.20. The number of sulfone groups is 1. The van der Waals surface area contributed by atoms with E-state index in [-0.39, 0.29) is 17.3 Å². The lowest BCUT2D eigenvalue weighted by Crippen LogP contribution is -2.13. The van der Waals surface area contributed by atoms with Crippen molar-refractivity contribution in [1.29, 1.82) is 0 Å². The molecule has 3 N–H and O–H groups in total. The Kier molecular flexibility index (Phi) is 5.05. The van der Waals surface area contributed by atoms with Gasteiger partial charge < -0.3 is 10.8 Å². The van der Waals surface area contributed by atoms with Gasteiger partial charge in [0, 0.05) is 23.2 Å². The Bertz CT molecular complexity index is 580. The number of hydrogen-bond donors (Lipinski definition) is 2. The van der Waals surface area contributed by atoms with Gasteiger partial charge in [0.15, 0.2) is 9.84 Å². The fourth-order valence-electron chi connectivity index (χ4n) is 1.59. The average Bonchev–Trinajstić information content (AvgIpc) is 2.22. The van der Waals surface area contributed by atoms with Crippen molar-refractivity contribution in [1.82, 2.24) is 0 Å². The van der Waals surface area contributed by atoms with Crippen LogP contribution in [0.25, 0.3) is 0 Å². The zero-order valence-corrected chi connectivity index (χ0v) is 12.5. The van der Waals surface area contributed by atoms with Gasteiger partial charge >= 0.3 is 5.97 Å². The molecule has 1 unspecified atom stereocenters. The predicted octanol–water partition coefficient (Wildman–Crippen LogP) is 1.86. The van der Waals surface area contributed by atoms with Gasteiger partial charge in [0.2, 0.25) is 0 Å². The third-order valence-corrected chi connectivity index (χ3v) is 4.53. The first-order chi connectivity index (χ1) is 8.62. The zero-order valence-electron chi connectivity index (χ0n) is 10.1. The molecule has 8 heteroatoms. The van der Waals surface area contributed by atoms with Gasteiger partial charge in [-0.3, -0.25) is 4.79 Å². The molecule has 1 aromatic rings. The summed E-state index contributed by atoms with van der Waals surface area (Å²) in [4.78, 5) is 10.0. The van der Waals surface area contributed by atoms with Gasteiger partial charge in [-0.2, -0.15) is 0 Å². The minimum Gasteiger partial charge on any atom is -0.481 e. The molecule has 19 heavy (non-hydrogen) atoms. The maximum absolute atomic E-state index is 13.8. The van der Waals surface area contributed by atoms with Crippen molar-refractivity contribution < 1.29 is 22.7 Å². The summed E-state index contributed by atoms with van der Waals surface area (Å²) in [5.41, 5.74) is 6.09. The Morgan fingerprint density at radius 1 is 1.53 bits per heavy atom. The van der Waals surface area contributed by atoms with Crippen LogP contribution in [0.1, 0.15) is 24.4 Å². The molecule has 0 saturated carbocycles. The SMILES string of the molecule is CS(=O)(=O)c1c(F)cc(C(N)CCC(=O)O)cc1Br. The highest BCUT2D eigenvalue weighted by Crippen LogP contribution is 2.29. The van der Waals surface area contributed by atoms with Crippen LogP contribution in [0.3, 0.4) is 0 Å².